The van der Waals surface area contributed by atoms with Crippen LogP contribution in [0.5, 0.6) is 0 Å². The molecule has 0 radical (unpaired) electrons. The van der Waals surface area contributed by atoms with Crippen LogP contribution in [0, 0.1) is 16.7 Å². The molecule has 3 fully saturated rings. The summed E-state index contributed by atoms with van der Waals surface area (Å²) in [4.78, 5) is 42.1. The number of piperazine rings is 1. The third kappa shape index (κ3) is 6.09. The standard InChI is InChI=1S/C34H40F3N7O2/c1-4-25-21-44(31-30-27(41(3)32(46)40-31)11-10-24(19-38)39-30)26(5-2)20-43(25)28(22-6-8-23(9-7-22)34(35,36)37)18-29(45)42-16-14-33(12-13-33)15-17-42/h6-11,25-26,28H,4-5,12-18,20-21H2,1-3H3/t25-,26+,28?/m1/s1. The molecule has 2 aliphatic heterocycles. The van der Waals surface area contributed by atoms with Gasteiger partial charge < -0.3 is 9.80 Å². The number of fused-ring (bicyclic) bond motifs is 1. The van der Waals surface area contributed by atoms with Crippen molar-refractivity contribution in [1.82, 2.24) is 24.3 Å². The molecular formula is C34H40F3N7O2. The van der Waals surface area contributed by atoms with Crippen molar-refractivity contribution in [1.29, 1.82) is 5.26 Å². The minimum Gasteiger partial charge on any atom is -0.349 e. The summed E-state index contributed by atoms with van der Waals surface area (Å²) in [5.41, 5.74) is 1.21. The predicted molar refractivity (Wildman–Crippen MR) is 168 cm³/mol. The highest BCUT2D eigenvalue weighted by atomic mass is 19.4. The van der Waals surface area contributed by atoms with E-state index in [-0.39, 0.29) is 30.1 Å². The van der Waals surface area contributed by atoms with Gasteiger partial charge in [-0.15, -0.1) is 0 Å². The highest BCUT2D eigenvalue weighted by Gasteiger charge is 2.46. The molecular weight excluding hydrogens is 595 g/mol. The summed E-state index contributed by atoms with van der Waals surface area (Å²) in [6.45, 7) is 6.52. The van der Waals surface area contributed by atoms with Crippen LogP contribution in [0.1, 0.15) is 81.7 Å². The molecule has 1 aromatic carbocycles. The molecule has 12 heteroatoms. The van der Waals surface area contributed by atoms with E-state index in [1.807, 2.05) is 11.8 Å². The summed E-state index contributed by atoms with van der Waals surface area (Å²) >= 11 is 0. The van der Waals surface area contributed by atoms with E-state index in [0.29, 0.717) is 53.8 Å². The molecule has 1 aliphatic carbocycles. The Bertz CT molecular complexity index is 1700. The number of likely N-dealkylation sites (tertiary alicyclic amines) is 1. The third-order valence-corrected chi connectivity index (χ3v) is 10.5. The van der Waals surface area contributed by atoms with Crippen LogP contribution in [0.3, 0.4) is 0 Å². The van der Waals surface area contributed by atoms with Crippen molar-refractivity contribution in [2.24, 2.45) is 12.5 Å². The second kappa shape index (κ2) is 12.3. The second-order valence-corrected chi connectivity index (χ2v) is 13.1. The number of aryl methyl sites for hydroxylation is 1. The van der Waals surface area contributed by atoms with Crippen LogP contribution in [0.2, 0.25) is 0 Å². The maximum Gasteiger partial charge on any atom is 0.416 e. The Morgan fingerprint density at radius 2 is 1.67 bits per heavy atom. The van der Waals surface area contributed by atoms with E-state index in [1.165, 1.54) is 29.5 Å². The number of nitrogens with zero attached hydrogens (tertiary/aromatic N) is 7. The van der Waals surface area contributed by atoms with Crippen LogP contribution in [-0.4, -0.2) is 68.5 Å². The third-order valence-electron chi connectivity index (χ3n) is 10.5. The lowest BCUT2D eigenvalue weighted by Crippen LogP contribution is -2.59. The number of alkyl halides is 3. The molecule has 3 aliphatic rings. The normalized spacial score (nSPS) is 22.2. The summed E-state index contributed by atoms with van der Waals surface area (Å²) < 4.78 is 41.9. The molecule has 4 heterocycles. The number of hydrogen-bond acceptors (Lipinski definition) is 7. The van der Waals surface area contributed by atoms with Gasteiger partial charge in [0.05, 0.1) is 11.1 Å². The van der Waals surface area contributed by atoms with Crippen LogP contribution < -0.4 is 10.6 Å². The van der Waals surface area contributed by atoms with E-state index in [0.717, 1.165) is 38.1 Å². The lowest BCUT2D eigenvalue weighted by molar-refractivity contribution is -0.138. The zero-order chi connectivity index (χ0) is 32.8. The largest absolute Gasteiger partial charge is 0.416 e. The van der Waals surface area contributed by atoms with Crippen LogP contribution >= 0.6 is 0 Å². The first kappa shape index (κ1) is 32.0. The van der Waals surface area contributed by atoms with Gasteiger partial charge in [-0.2, -0.15) is 23.4 Å². The molecule has 0 N–H and O–H groups in total. The number of anilines is 1. The Morgan fingerprint density at radius 3 is 2.26 bits per heavy atom. The first-order valence-corrected chi connectivity index (χ1v) is 16.2. The summed E-state index contributed by atoms with van der Waals surface area (Å²) in [5.74, 6) is 0.447. The van der Waals surface area contributed by atoms with E-state index in [4.69, 9.17) is 0 Å². The quantitative estimate of drug-likeness (QED) is 0.342. The topological polar surface area (TPSA) is 98.4 Å². The van der Waals surface area contributed by atoms with Crippen molar-refractivity contribution < 1.29 is 18.0 Å². The first-order chi connectivity index (χ1) is 22.0. The molecule has 3 aromatic rings. The maximum atomic E-state index is 13.8. The van der Waals surface area contributed by atoms with Crippen molar-refractivity contribution in [3.63, 3.8) is 0 Å². The molecule has 6 rings (SSSR count). The van der Waals surface area contributed by atoms with Gasteiger partial charge in [-0.05, 0) is 73.8 Å². The van der Waals surface area contributed by atoms with Gasteiger partial charge >= 0.3 is 11.9 Å². The van der Waals surface area contributed by atoms with Crippen molar-refractivity contribution in [3.8, 4) is 6.07 Å². The van der Waals surface area contributed by atoms with Crippen LogP contribution in [0.4, 0.5) is 19.0 Å². The summed E-state index contributed by atoms with van der Waals surface area (Å²) in [7, 11) is 1.62. The van der Waals surface area contributed by atoms with E-state index in [9.17, 15) is 28.0 Å². The fourth-order valence-electron chi connectivity index (χ4n) is 7.32. The van der Waals surface area contributed by atoms with Crippen molar-refractivity contribution in [2.45, 2.75) is 83.1 Å². The highest BCUT2D eigenvalue weighted by Crippen LogP contribution is 2.53. The smallest absolute Gasteiger partial charge is 0.349 e. The number of nitriles is 1. The van der Waals surface area contributed by atoms with E-state index in [1.54, 1.807) is 19.2 Å². The predicted octanol–water partition coefficient (Wildman–Crippen LogP) is 5.43. The van der Waals surface area contributed by atoms with Crippen LogP contribution in [0.25, 0.3) is 11.0 Å². The van der Waals surface area contributed by atoms with Gasteiger partial charge in [0, 0.05) is 57.8 Å². The highest BCUT2D eigenvalue weighted by molar-refractivity contribution is 5.86. The zero-order valence-corrected chi connectivity index (χ0v) is 26.6. The Hall–Kier alpha value is -3.98. The molecule has 1 unspecified atom stereocenters. The van der Waals surface area contributed by atoms with Gasteiger partial charge in [0.1, 0.15) is 17.3 Å². The van der Waals surface area contributed by atoms with Gasteiger partial charge in [0.2, 0.25) is 5.91 Å². The summed E-state index contributed by atoms with van der Waals surface area (Å²) in [5, 5.41) is 9.55. The number of hydrogen-bond donors (Lipinski definition) is 0. The molecule has 1 spiro atoms. The average Bonchev–Trinajstić information content (AvgIpc) is 3.82. The van der Waals surface area contributed by atoms with Crippen LogP contribution in [-0.2, 0) is 18.0 Å². The fraction of sp³-hybridized carbons (Fsp3) is 0.559. The molecule has 2 saturated heterocycles. The van der Waals surface area contributed by atoms with Gasteiger partial charge in [0.25, 0.3) is 0 Å². The minimum atomic E-state index is -4.46. The number of carbonyl (C=O) groups is 1. The number of benzene rings is 1. The molecule has 9 nitrogen and oxygen atoms in total. The zero-order valence-electron chi connectivity index (χ0n) is 26.6. The monoisotopic (exact) mass is 635 g/mol. The number of aromatic nitrogens is 3. The molecule has 2 aromatic heterocycles. The first-order valence-electron chi connectivity index (χ1n) is 16.2. The van der Waals surface area contributed by atoms with Crippen molar-refractivity contribution >= 4 is 22.8 Å². The number of piperidine rings is 1. The minimum absolute atomic E-state index is 0.0261. The van der Waals surface area contributed by atoms with Crippen molar-refractivity contribution in [3.05, 3.63) is 63.7 Å². The lowest BCUT2D eigenvalue weighted by atomic mass is 9.91. The van der Waals surface area contributed by atoms with Gasteiger partial charge in [-0.1, -0.05) is 26.0 Å². The molecule has 3 atom stereocenters. The van der Waals surface area contributed by atoms with E-state index >= 15 is 0 Å². The summed E-state index contributed by atoms with van der Waals surface area (Å²) in [6.07, 6.45) is 1.59. The molecule has 244 valence electrons. The molecule has 0 bridgehead atoms. The molecule has 1 amide bonds. The molecule has 46 heavy (non-hydrogen) atoms. The summed E-state index contributed by atoms with van der Waals surface area (Å²) in [6, 6.07) is 9.94. The Labute approximate surface area is 266 Å². The van der Waals surface area contributed by atoms with E-state index in [2.05, 4.69) is 32.8 Å². The SMILES string of the molecule is CC[C@H]1CN(C(CC(=O)N2CCC3(CC2)CC3)c2ccc(C(F)(F)F)cc2)[C@H](CC)CN1c1nc(=O)n(C)c2ccc(C#N)nc12. The number of carbonyl (C=O) groups excluding carboxylic acids is 1. The Kier molecular flexibility index (Phi) is 8.57. The number of rotatable bonds is 7. The Balaban J connectivity index is 1.35. The van der Waals surface area contributed by atoms with E-state index < -0.39 is 23.5 Å². The lowest BCUT2D eigenvalue weighted by Gasteiger charge is -2.50. The molecule has 1 saturated carbocycles. The number of halogens is 3. The number of amides is 1. The van der Waals surface area contributed by atoms with Gasteiger partial charge in [-0.3, -0.25) is 14.3 Å². The van der Waals surface area contributed by atoms with Gasteiger partial charge in [-0.25, -0.2) is 9.78 Å². The second-order valence-electron chi connectivity index (χ2n) is 13.1. The average molecular weight is 636 g/mol. The maximum absolute atomic E-state index is 13.8. The van der Waals surface area contributed by atoms with Gasteiger partial charge in [0.15, 0.2) is 5.82 Å². The number of pyridine rings is 1. The fourth-order valence-corrected chi connectivity index (χ4v) is 7.32. The Morgan fingerprint density at radius 1 is 1.00 bits per heavy atom. The van der Waals surface area contributed by atoms with Crippen molar-refractivity contribution in [2.75, 3.05) is 31.1 Å². The van der Waals surface area contributed by atoms with Crippen LogP contribution in [0.15, 0.2) is 41.2 Å².